The molecule has 0 aliphatic heterocycles. The van der Waals surface area contributed by atoms with Crippen LogP contribution in [0, 0.1) is 20.8 Å². The maximum Gasteiger partial charge on any atom is 0.339 e. The molecule has 0 amide bonds. The van der Waals surface area contributed by atoms with Crippen molar-refractivity contribution in [2.24, 2.45) is 0 Å². The van der Waals surface area contributed by atoms with Gasteiger partial charge >= 0.3 is 10.1 Å². The zero-order valence-electron chi connectivity index (χ0n) is 39.7. The second kappa shape index (κ2) is 25.1. The van der Waals surface area contributed by atoms with Gasteiger partial charge in [-0.25, -0.2) is 0 Å². The summed E-state index contributed by atoms with van der Waals surface area (Å²) in [5.41, 5.74) is 14.7. The van der Waals surface area contributed by atoms with Crippen LogP contribution in [0.3, 0.4) is 0 Å². The van der Waals surface area contributed by atoms with E-state index < -0.39 is 10.1 Å². The van der Waals surface area contributed by atoms with Crippen molar-refractivity contribution in [3.63, 3.8) is 0 Å². The Kier molecular flexibility index (Phi) is 17.7. The van der Waals surface area contributed by atoms with Gasteiger partial charge in [0.05, 0.1) is 5.69 Å². The van der Waals surface area contributed by atoms with Crippen molar-refractivity contribution >= 4 is 27.2 Å². The number of hydrogen-bond acceptors (Lipinski definition) is 5. The van der Waals surface area contributed by atoms with Crippen molar-refractivity contribution in [2.45, 2.75) is 32.1 Å². The monoisotopic (exact) mass is 935 g/mol. The van der Waals surface area contributed by atoms with Gasteiger partial charge in [-0.2, -0.15) is 8.42 Å². The van der Waals surface area contributed by atoms with Crippen molar-refractivity contribution in [2.75, 3.05) is 4.90 Å². The first-order valence-corrected chi connectivity index (χ1v) is 24.6. The summed E-state index contributed by atoms with van der Waals surface area (Å²) in [5, 5.41) is 8.76. The molecule has 0 fully saturated rings. The van der Waals surface area contributed by atoms with Crippen molar-refractivity contribution < 1.29 is 17.7 Å². The number of nitrogens with zero attached hydrogens (tertiary/aromatic N) is 1. The number of phenolic OH excluding ortho intramolecular Hbond substituents is 1. The number of rotatable bonds is 10. The Bertz CT molecular complexity index is 3180. The Labute approximate surface area is 414 Å². The van der Waals surface area contributed by atoms with E-state index in [-0.39, 0.29) is 4.90 Å². The van der Waals surface area contributed by atoms with Gasteiger partial charge in [-0.1, -0.05) is 223 Å². The first kappa shape index (κ1) is 49.5. The highest BCUT2D eigenvalue weighted by molar-refractivity contribution is 7.87. The molecule has 348 valence electrons. The first-order chi connectivity index (χ1) is 34.1. The maximum absolute atomic E-state index is 11.9. The molecule has 5 nitrogen and oxygen atoms in total. The highest BCUT2D eigenvalue weighted by Crippen LogP contribution is 2.40. The summed E-state index contributed by atoms with van der Waals surface area (Å²) in [4.78, 5) is 2.47. The molecule has 0 atom stereocenters. The summed E-state index contributed by atoms with van der Waals surface area (Å²) in [6.07, 6.45) is 0.978. The summed E-state index contributed by atoms with van der Waals surface area (Å²) in [7, 11) is -3.73. The van der Waals surface area contributed by atoms with Crippen molar-refractivity contribution in [1.82, 2.24) is 0 Å². The topological polar surface area (TPSA) is 66.8 Å². The van der Waals surface area contributed by atoms with E-state index in [9.17, 15) is 8.42 Å². The maximum atomic E-state index is 11.9. The van der Waals surface area contributed by atoms with Crippen molar-refractivity contribution in [1.29, 1.82) is 0 Å². The molecule has 0 bridgehead atoms. The molecule has 0 unspecified atom stereocenters. The zero-order valence-corrected chi connectivity index (χ0v) is 40.5. The van der Waals surface area contributed by atoms with Gasteiger partial charge in [0, 0.05) is 16.9 Å². The molecule has 1 N–H and O–H groups in total. The molecule has 0 saturated carbocycles. The van der Waals surface area contributed by atoms with Crippen LogP contribution in [0.5, 0.6) is 11.5 Å². The summed E-state index contributed by atoms with van der Waals surface area (Å²) < 4.78 is 28.7. The highest BCUT2D eigenvalue weighted by atomic mass is 32.2. The fourth-order valence-electron chi connectivity index (χ4n) is 7.52. The van der Waals surface area contributed by atoms with Crippen LogP contribution >= 0.6 is 0 Å². The predicted octanol–water partition coefficient (Wildman–Crippen LogP) is 16.5. The van der Waals surface area contributed by atoms with Crippen molar-refractivity contribution in [3.05, 3.63) is 301 Å². The summed E-state index contributed by atoms with van der Waals surface area (Å²) in [6.45, 7) is 6.03. The molecule has 10 rings (SSSR count). The minimum Gasteiger partial charge on any atom is -0.508 e. The van der Waals surface area contributed by atoms with Gasteiger partial charge in [0.2, 0.25) is 0 Å². The lowest BCUT2D eigenvalue weighted by Gasteiger charge is -2.28. The molecular weight excluding hydrogens is 879 g/mol. The average molecular weight is 936 g/mol. The van der Waals surface area contributed by atoms with Crippen LogP contribution in [0.4, 0.5) is 17.1 Å². The van der Waals surface area contributed by atoms with Crippen LogP contribution in [0.25, 0.3) is 22.3 Å². The Morgan fingerprint density at radius 2 is 0.800 bits per heavy atom. The van der Waals surface area contributed by atoms with Crippen LogP contribution < -0.4 is 9.08 Å². The Morgan fingerprint density at radius 3 is 1.34 bits per heavy atom. The molecule has 10 aromatic carbocycles. The Balaban J connectivity index is 0.000000146. The van der Waals surface area contributed by atoms with Crippen molar-refractivity contribution in [3.8, 4) is 33.8 Å². The summed E-state index contributed by atoms with van der Waals surface area (Å²) >= 11 is 0. The van der Waals surface area contributed by atoms with E-state index in [0.29, 0.717) is 11.5 Å². The van der Waals surface area contributed by atoms with Gasteiger partial charge < -0.3 is 14.2 Å². The number of hydrogen-bond donors (Lipinski definition) is 1. The molecule has 10 aromatic rings. The van der Waals surface area contributed by atoms with Gasteiger partial charge in [0.25, 0.3) is 0 Å². The molecule has 0 aliphatic carbocycles. The van der Waals surface area contributed by atoms with Crippen LogP contribution in [0.2, 0.25) is 0 Å². The normalized spacial score (nSPS) is 10.4. The Hall–Kier alpha value is -8.45. The van der Waals surface area contributed by atoms with E-state index in [1.54, 1.807) is 54.6 Å². The van der Waals surface area contributed by atoms with Gasteiger partial charge in [-0.15, -0.1) is 0 Å². The summed E-state index contributed by atoms with van der Waals surface area (Å²) in [6, 6.07) is 90.3. The second-order valence-corrected chi connectivity index (χ2v) is 18.1. The third-order valence-electron chi connectivity index (χ3n) is 11.2. The fraction of sp³-hybridized carbons (Fsp3) is 0.0625. The molecule has 70 heavy (non-hydrogen) atoms. The predicted molar refractivity (Wildman–Crippen MR) is 291 cm³/mol. The number of aromatic hydroxyl groups is 1. The number of aryl methyl sites for hydroxylation is 3. The third-order valence-corrected chi connectivity index (χ3v) is 12.4. The third kappa shape index (κ3) is 14.5. The lowest BCUT2D eigenvalue weighted by molar-refractivity contribution is 0.475. The molecule has 0 radical (unpaired) electrons. The number of para-hydroxylation sites is 2. The molecule has 0 spiro atoms. The molecule has 0 aliphatic rings. The minimum absolute atomic E-state index is 0.153. The first-order valence-electron chi connectivity index (χ1n) is 23.2. The molecule has 6 heteroatoms. The van der Waals surface area contributed by atoms with Gasteiger partial charge in [0.15, 0.2) is 0 Å². The number of anilines is 3. The van der Waals surface area contributed by atoms with E-state index in [2.05, 4.69) is 206 Å². The van der Waals surface area contributed by atoms with Crippen LogP contribution in [-0.4, -0.2) is 13.5 Å². The number of phenols is 1. The standard InChI is InChI=1S/C25H21N.C19H16.C13H12O3S.C7H8O/c1-20-16-18-23(19-17-20)26(22-12-6-3-7-13-22)25-15-9-8-14-24(25)21-10-4-2-5-11-21;1-3-9-16(10-4-1)15-18-13-7-8-14-19(18)17-11-5-2-6-12-17;1-11-7-9-12(10-8-11)16-17(14,15)13-5-3-2-4-6-13;1-6-2-4-7(8)5-3-6/h2-19H,1H3;1-14H,15H2;2-10H,1H3;2-5,8H,1H3. The molecule has 0 heterocycles. The molecular formula is C64H57NO4S. The smallest absolute Gasteiger partial charge is 0.339 e. The zero-order chi connectivity index (χ0) is 49.0. The van der Waals surface area contributed by atoms with Crippen LogP contribution in [0.1, 0.15) is 27.8 Å². The van der Waals surface area contributed by atoms with Gasteiger partial charge in [-0.05, 0) is 122 Å². The second-order valence-electron chi connectivity index (χ2n) is 16.6. The highest BCUT2D eigenvalue weighted by Gasteiger charge is 2.17. The van der Waals surface area contributed by atoms with Crippen LogP contribution in [-0.2, 0) is 16.5 Å². The van der Waals surface area contributed by atoms with Gasteiger partial charge in [-0.3, -0.25) is 0 Å². The lowest BCUT2D eigenvalue weighted by Crippen LogP contribution is -2.11. The van der Waals surface area contributed by atoms with E-state index in [0.717, 1.165) is 23.4 Å². The van der Waals surface area contributed by atoms with E-state index >= 15 is 0 Å². The SMILES string of the molecule is Cc1ccc(N(c2ccccc2)c2ccccc2-c2ccccc2)cc1.Cc1ccc(O)cc1.Cc1ccc(OS(=O)(=O)c2ccccc2)cc1.c1ccc(Cc2ccccc2-c2ccccc2)cc1. The Morgan fingerprint density at radius 1 is 0.400 bits per heavy atom. The quantitative estimate of drug-likeness (QED) is 0.138. The van der Waals surface area contributed by atoms with E-state index in [4.69, 9.17) is 9.29 Å². The fourth-order valence-corrected chi connectivity index (χ4v) is 8.47. The minimum atomic E-state index is -3.73. The molecule has 0 saturated heterocycles. The van der Waals surface area contributed by atoms with Crippen LogP contribution in [0.15, 0.2) is 278 Å². The van der Waals surface area contributed by atoms with E-state index in [1.165, 1.54) is 62.3 Å². The van der Waals surface area contributed by atoms with Gasteiger partial charge in [0.1, 0.15) is 16.4 Å². The summed E-state index contributed by atoms with van der Waals surface area (Å²) in [5.74, 6) is 0.648. The van der Waals surface area contributed by atoms with E-state index in [1.807, 2.05) is 26.0 Å². The molecule has 0 aromatic heterocycles. The lowest BCUT2D eigenvalue weighted by atomic mass is 9.95. The average Bonchev–Trinajstić information content (AvgIpc) is 3.41. The largest absolute Gasteiger partial charge is 0.508 e. The number of benzene rings is 10.